The van der Waals surface area contributed by atoms with Crippen LogP contribution in [0, 0.1) is 13.8 Å². The molecule has 0 unspecified atom stereocenters. The van der Waals surface area contributed by atoms with E-state index >= 15 is 0 Å². The van der Waals surface area contributed by atoms with Gasteiger partial charge in [0.2, 0.25) is 0 Å². The van der Waals surface area contributed by atoms with Gasteiger partial charge >= 0.3 is 0 Å². The lowest BCUT2D eigenvalue weighted by molar-refractivity contribution is 0.102. The number of carbonyl (C=O) groups is 1. The third kappa shape index (κ3) is 4.96. The zero-order valence-electron chi connectivity index (χ0n) is 17.4. The molecule has 3 aromatic rings. The number of benzene rings is 2. The molecule has 1 heterocycles. The first-order chi connectivity index (χ1) is 14.0. The Kier molecular flexibility index (Phi) is 6.54. The minimum atomic E-state index is -0.177. The summed E-state index contributed by atoms with van der Waals surface area (Å²) in [6, 6.07) is 15.0. The second-order valence-electron chi connectivity index (χ2n) is 6.79. The lowest BCUT2D eigenvalue weighted by Gasteiger charge is -2.21. The van der Waals surface area contributed by atoms with Gasteiger partial charge in [-0.05, 0) is 70.2 Å². The topological polar surface area (TPSA) is 67.6 Å². The van der Waals surface area contributed by atoms with E-state index < -0.39 is 0 Å². The van der Waals surface area contributed by atoms with Crippen molar-refractivity contribution in [3.8, 4) is 5.75 Å². The zero-order valence-corrected chi connectivity index (χ0v) is 17.4. The number of amides is 1. The standard InChI is InChI=1S/C23H27N3O3/c1-5-26(6-2)20-12-10-19(11-13-20)24-23(27)18-8-7-9-21(14-18)28-15-22-16(3)25-29-17(22)4/h7-14H,5-6,15H2,1-4H3,(H,24,27). The van der Waals surface area contributed by atoms with Crippen molar-refractivity contribution in [2.24, 2.45) is 0 Å². The summed E-state index contributed by atoms with van der Waals surface area (Å²) in [6.07, 6.45) is 0. The van der Waals surface area contributed by atoms with Crippen molar-refractivity contribution >= 4 is 17.3 Å². The number of carbonyl (C=O) groups excluding carboxylic acids is 1. The number of aryl methyl sites for hydroxylation is 2. The molecule has 1 N–H and O–H groups in total. The van der Waals surface area contributed by atoms with Gasteiger partial charge in [0.1, 0.15) is 18.1 Å². The van der Waals surface area contributed by atoms with E-state index in [2.05, 4.69) is 29.2 Å². The van der Waals surface area contributed by atoms with Crippen molar-refractivity contribution < 1.29 is 14.1 Å². The smallest absolute Gasteiger partial charge is 0.255 e. The molecule has 6 heteroatoms. The summed E-state index contributed by atoms with van der Waals surface area (Å²) in [5.41, 5.74) is 4.17. The van der Waals surface area contributed by atoms with E-state index in [-0.39, 0.29) is 5.91 Å². The fourth-order valence-corrected chi connectivity index (χ4v) is 3.14. The van der Waals surface area contributed by atoms with Gasteiger partial charge in [0.15, 0.2) is 0 Å². The molecule has 0 bridgehead atoms. The quantitative estimate of drug-likeness (QED) is 0.585. The molecule has 0 atom stereocenters. The first-order valence-corrected chi connectivity index (χ1v) is 9.82. The predicted octanol–water partition coefficient (Wildman–Crippen LogP) is 4.97. The van der Waals surface area contributed by atoms with Crippen LogP contribution in [0.1, 0.15) is 41.2 Å². The summed E-state index contributed by atoms with van der Waals surface area (Å²) in [6.45, 7) is 10.2. The number of hydrogen-bond acceptors (Lipinski definition) is 5. The number of nitrogens with one attached hydrogen (secondary N) is 1. The van der Waals surface area contributed by atoms with E-state index in [9.17, 15) is 4.79 Å². The van der Waals surface area contributed by atoms with Crippen molar-refractivity contribution in [1.29, 1.82) is 0 Å². The van der Waals surface area contributed by atoms with E-state index in [0.29, 0.717) is 17.9 Å². The van der Waals surface area contributed by atoms with Crippen molar-refractivity contribution in [3.05, 3.63) is 71.1 Å². The third-order valence-corrected chi connectivity index (χ3v) is 4.91. The minimum Gasteiger partial charge on any atom is -0.489 e. The molecule has 0 saturated heterocycles. The molecular weight excluding hydrogens is 366 g/mol. The van der Waals surface area contributed by atoms with Crippen LogP contribution in [0.15, 0.2) is 53.1 Å². The molecule has 0 spiro atoms. The van der Waals surface area contributed by atoms with E-state index in [1.54, 1.807) is 18.2 Å². The highest BCUT2D eigenvalue weighted by Crippen LogP contribution is 2.21. The highest BCUT2D eigenvalue weighted by atomic mass is 16.5. The van der Waals surface area contributed by atoms with E-state index in [1.807, 2.05) is 44.2 Å². The summed E-state index contributed by atoms with van der Waals surface area (Å²) in [5, 5.41) is 6.86. The van der Waals surface area contributed by atoms with Gasteiger partial charge in [-0.2, -0.15) is 0 Å². The Hall–Kier alpha value is -3.28. The SMILES string of the molecule is CCN(CC)c1ccc(NC(=O)c2cccc(OCc3c(C)noc3C)c2)cc1. The molecule has 0 aliphatic rings. The van der Waals surface area contributed by atoms with E-state index in [0.717, 1.165) is 41.5 Å². The highest BCUT2D eigenvalue weighted by Gasteiger charge is 2.11. The predicted molar refractivity (Wildman–Crippen MR) is 115 cm³/mol. The van der Waals surface area contributed by atoms with Crippen molar-refractivity contribution in [2.45, 2.75) is 34.3 Å². The van der Waals surface area contributed by atoms with Crippen LogP contribution in [0.2, 0.25) is 0 Å². The molecule has 0 aliphatic carbocycles. The van der Waals surface area contributed by atoms with Crippen molar-refractivity contribution in [3.63, 3.8) is 0 Å². The lowest BCUT2D eigenvalue weighted by Crippen LogP contribution is -2.21. The van der Waals surface area contributed by atoms with Gasteiger partial charge in [-0.15, -0.1) is 0 Å². The van der Waals surface area contributed by atoms with Crippen LogP contribution in [-0.2, 0) is 6.61 Å². The second kappa shape index (κ2) is 9.28. The van der Waals surface area contributed by atoms with Crippen LogP contribution in [-0.4, -0.2) is 24.2 Å². The molecule has 6 nitrogen and oxygen atoms in total. The summed E-state index contributed by atoms with van der Waals surface area (Å²) < 4.78 is 11.0. The molecule has 3 rings (SSSR count). The summed E-state index contributed by atoms with van der Waals surface area (Å²) in [7, 11) is 0. The average molecular weight is 393 g/mol. The fraction of sp³-hybridized carbons (Fsp3) is 0.304. The van der Waals surface area contributed by atoms with Gasteiger partial charge in [-0.3, -0.25) is 4.79 Å². The van der Waals surface area contributed by atoms with Crippen LogP contribution in [0.5, 0.6) is 5.75 Å². The molecule has 0 fully saturated rings. The molecule has 152 valence electrons. The fourth-order valence-electron chi connectivity index (χ4n) is 3.14. The Balaban J connectivity index is 1.64. The number of anilines is 2. The average Bonchev–Trinajstić information content (AvgIpc) is 3.06. The van der Waals surface area contributed by atoms with Crippen LogP contribution in [0.25, 0.3) is 0 Å². The zero-order chi connectivity index (χ0) is 20.8. The molecule has 1 aromatic heterocycles. The maximum atomic E-state index is 12.6. The highest BCUT2D eigenvalue weighted by molar-refractivity contribution is 6.04. The Morgan fingerprint density at radius 2 is 1.83 bits per heavy atom. The van der Waals surface area contributed by atoms with E-state index in [4.69, 9.17) is 9.26 Å². The largest absolute Gasteiger partial charge is 0.489 e. The van der Waals surface area contributed by atoms with E-state index in [1.165, 1.54) is 0 Å². The van der Waals surface area contributed by atoms with Crippen molar-refractivity contribution in [1.82, 2.24) is 5.16 Å². The van der Waals surface area contributed by atoms with Gasteiger partial charge in [-0.25, -0.2) is 0 Å². The van der Waals surface area contributed by atoms with Gasteiger partial charge in [0.05, 0.1) is 11.3 Å². The van der Waals surface area contributed by atoms with Crippen LogP contribution in [0.4, 0.5) is 11.4 Å². The first-order valence-electron chi connectivity index (χ1n) is 9.82. The molecule has 2 aromatic carbocycles. The summed E-state index contributed by atoms with van der Waals surface area (Å²) in [5.74, 6) is 1.18. The molecule has 0 saturated carbocycles. The number of rotatable bonds is 8. The van der Waals surface area contributed by atoms with Gasteiger partial charge in [0.25, 0.3) is 5.91 Å². The first kappa shape index (κ1) is 20.5. The number of nitrogens with zero attached hydrogens (tertiary/aromatic N) is 2. The van der Waals surface area contributed by atoms with Gasteiger partial charge < -0.3 is 19.5 Å². The molecule has 1 amide bonds. The number of aromatic nitrogens is 1. The normalized spacial score (nSPS) is 10.6. The van der Waals surface area contributed by atoms with Crippen LogP contribution in [0.3, 0.4) is 0 Å². The summed E-state index contributed by atoms with van der Waals surface area (Å²) in [4.78, 5) is 14.9. The van der Waals surface area contributed by atoms with Crippen molar-refractivity contribution in [2.75, 3.05) is 23.3 Å². The molecular formula is C23H27N3O3. The number of ether oxygens (including phenoxy) is 1. The summed E-state index contributed by atoms with van der Waals surface area (Å²) >= 11 is 0. The van der Waals surface area contributed by atoms with Gasteiger partial charge in [-0.1, -0.05) is 11.2 Å². The molecule has 29 heavy (non-hydrogen) atoms. The minimum absolute atomic E-state index is 0.177. The molecule has 0 radical (unpaired) electrons. The van der Waals surface area contributed by atoms with Gasteiger partial charge in [0, 0.05) is 30.0 Å². The second-order valence-corrected chi connectivity index (χ2v) is 6.79. The van der Waals surface area contributed by atoms with Crippen LogP contribution >= 0.6 is 0 Å². The maximum absolute atomic E-state index is 12.6. The number of hydrogen-bond donors (Lipinski definition) is 1. The Labute approximate surface area is 171 Å². The Morgan fingerprint density at radius 1 is 1.10 bits per heavy atom. The Bertz CT molecular complexity index is 940. The molecule has 0 aliphatic heterocycles. The van der Waals surface area contributed by atoms with Crippen LogP contribution < -0.4 is 15.0 Å². The third-order valence-electron chi connectivity index (χ3n) is 4.91. The monoisotopic (exact) mass is 393 g/mol. The lowest BCUT2D eigenvalue weighted by atomic mass is 10.2. The maximum Gasteiger partial charge on any atom is 0.255 e. The Morgan fingerprint density at radius 3 is 2.45 bits per heavy atom.